The Hall–Kier alpha value is -0.930. The molecule has 3 unspecified atom stereocenters. The molecule has 2 aliphatic carbocycles. The Morgan fingerprint density at radius 2 is 2.15 bits per heavy atom. The highest BCUT2D eigenvalue weighted by molar-refractivity contribution is 9.10. The Labute approximate surface area is 131 Å². The number of ketones is 1. The fourth-order valence-corrected chi connectivity index (χ4v) is 5.23. The number of carbonyl (C=O) groups is 1. The molecule has 0 saturated heterocycles. The Balaban J connectivity index is 1.55. The smallest absolute Gasteiger partial charge is 0.142 e. The quantitative estimate of drug-likeness (QED) is 0.793. The molecule has 102 valence electrons. The fraction of sp³-hybridized carbons (Fsp3) is 0.353. The topological polar surface area (TPSA) is 17.1 Å². The van der Waals surface area contributed by atoms with E-state index in [0.717, 1.165) is 10.9 Å². The molecule has 3 heteroatoms. The van der Waals surface area contributed by atoms with Crippen molar-refractivity contribution in [3.63, 3.8) is 0 Å². The summed E-state index contributed by atoms with van der Waals surface area (Å²) in [5, 5.41) is 2.04. The van der Waals surface area contributed by atoms with E-state index < -0.39 is 0 Å². The number of carbonyl (C=O) groups excluding carboxylic acids is 1. The van der Waals surface area contributed by atoms with Crippen LogP contribution in [-0.4, -0.2) is 5.78 Å². The largest absolute Gasteiger partial charge is 0.299 e. The Morgan fingerprint density at radius 1 is 1.30 bits per heavy atom. The molecule has 1 saturated carbocycles. The summed E-state index contributed by atoms with van der Waals surface area (Å²) < 4.78 is 1.08. The van der Waals surface area contributed by atoms with Gasteiger partial charge in [-0.2, -0.15) is 0 Å². The van der Waals surface area contributed by atoms with Gasteiger partial charge < -0.3 is 0 Å². The zero-order chi connectivity index (χ0) is 13.7. The summed E-state index contributed by atoms with van der Waals surface area (Å²) in [6.45, 7) is 0. The summed E-state index contributed by atoms with van der Waals surface area (Å²) >= 11 is 5.20. The van der Waals surface area contributed by atoms with E-state index in [9.17, 15) is 4.79 Å². The van der Waals surface area contributed by atoms with E-state index in [4.69, 9.17) is 0 Å². The highest BCUT2D eigenvalue weighted by atomic mass is 79.9. The fourth-order valence-electron chi connectivity index (χ4n) is 3.73. The van der Waals surface area contributed by atoms with Crippen molar-refractivity contribution in [1.82, 2.24) is 0 Å². The standard InChI is InChI=1S/C17H15BrOS/c18-13-7-8-20-15(13)9-14(19)17-12-6-5-10-3-1-2-4-11(10)16(12)17/h1-4,7-8,12,16-17H,5-6,9H2. The lowest BCUT2D eigenvalue weighted by Crippen LogP contribution is -2.06. The molecule has 1 heterocycles. The third kappa shape index (κ3) is 1.99. The minimum atomic E-state index is 0.271. The predicted octanol–water partition coefficient (Wildman–Crippen LogP) is 4.60. The second-order valence-corrected chi connectivity index (χ2v) is 7.64. The second-order valence-electron chi connectivity index (χ2n) is 5.79. The Morgan fingerprint density at radius 3 is 2.95 bits per heavy atom. The summed E-state index contributed by atoms with van der Waals surface area (Å²) in [5.41, 5.74) is 2.90. The average molecular weight is 347 g/mol. The van der Waals surface area contributed by atoms with Crippen LogP contribution in [0, 0.1) is 11.8 Å². The van der Waals surface area contributed by atoms with Crippen molar-refractivity contribution >= 4 is 33.0 Å². The van der Waals surface area contributed by atoms with Crippen LogP contribution in [0.2, 0.25) is 0 Å². The molecule has 1 aromatic heterocycles. The van der Waals surface area contributed by atoms with Gasteiger partial charge in [0.25, 0.3) is 0 Å². The van der Waals surface area contributed by atoms with Crippen LogP contribution < -0.4 is 0 Å². The number of hydrogen-bond acceptors (Lipinski definition) is 2. The predicted molar refractivity (Wildman–Crippen MR) is 85.2 cm³/mol. The molecule has 0 bridgehead atoms. The third-order valence-electron chi connectivity index (χ3n) is 4.73. The van der Waals surface area contributed by atoms with E-state index in [1.807, 2.05) is 11.4 Å². The van der Waals surface area contributed by atoms with Crippen molar-refractivity contribution in [2.75, 3.05) is 0 Å². The van der Waals surface area contributed by atoms with Crippen LogP contribution in [0.25, 0.3) is 0 Å². The van der Waals surface area contributed by atoms with Crippen molar-refractivity contribution < 1.29 is 4.79 Å². The number of aryl methyl sites for hydroxylation is 1. The molecule has 2 aliphatic rings. The minimum absolute atomic E-state index is 0.271. The first kappa shape index (κ1) is 12.8. The third-order valence-corrected chi connectivity index (χ3v) is 6.65. The van der Waals surface area contributed by atoms with E-state index in [1.54, 1.807) is 11.3 Å². The van der Waals surface area contributed by atoms with Gasteiger partial charge in [0.05, 0.1) is 0 Å². The summed E-state index contributed by atoms with van der Waals surface area (Å²) in [4.78, 5) is 13.8. The molecule has 0 N–H and O–H groups in total. The van der Waals surface area contributed by atoms with Gasteiger partial charge in [0.1, 0.15) is 5.78 Å². The summed E-state index contributed by atoms with van der Waals surface area (Å²) in [6.07, 6.45) is 2.92. The molecule has 0 spiro atoms. The number of thiophene rings is 1. The maximum Gasteiger partial charge on any atom is 0.142 e. The summed E-state index contributed by atoms with van der Waals surface area (Å²) in [5.74, 6) is 1.81. The zero-order valence-electron chi connectivity index (χ0n) is 11.0. The first-order valence-corrected chi connectivity index (χ1v) is 8.75. The number of halogens is 1. The highest BCUT2D eigenvalue weighted by Gasteiger charge is 2.56. The van der Waals surface area contributed by atoms with Crippen molar-refractivity contribution in [2.45, 2.75) is 25.2 Å². The molecule has 20 heavy (non-hydrogen) atoms. The first-order valence-electron chi connectivity index (χ1n) is 7.08. The molecule has 1 nitrogen and oxygen atoms in total. The molecule has 4 rings (SSSR count). The molecule has 0 aliphatic heterocycles. The lowest BCUT2D eigenvalue weighted by atomic mass is 9.92. The van der Waals surface area contributed by atoms with Crippen molar-refractivity contribution in [3.8, 4) is 0 Å². The Bertz CT molecular complexity index is 675. The lowest BCUT2D eigenvalue weighted by Gasteiger charge is -2.13. The van der Waals surface area contributed by atoms with E-state index in [0.29, 0.717) is 24.0 Å². The van der Waals surface area contributed by atoms with Crippen molar-refractivity contribution in [1.29, 1.82) is 0 Å². The van der Waals surface area contributed by atoms with Crippen LogP contribution in [-0.2, 0) is 17.6 Å². The normalized spacial score (nSPS) is 26.8. The van der Waals surface area contributed by atoms with Crippen LogP contribution in [0.1, 0.15) is 28.3 Å². The van der Waals surface area contributed by atoms with E-state index in [-0.39, 0.29) is 5.92 Å². The van der Waals surface area contributed by atoms with Gasteiger partial charge in [-0.25, -0.2) is 0 Å². The maximum absolute atomic E-state index is 12.6. The van der Waals surface area contributed by atoms with Crippen LogP contribution in [0.15, 0.2) is 40.2 Å². The van der Waals surface area contributed by atoms with Crippen LogP contribution in [0.4, 0.5) is 0 Å². The van der Waals surface area contributed by atoms with Crippen LogP contribution in [0.3, 0.4) is 0 Å². The van der Waals surface area contributed by atoms with Crippen molar-refractivity contribution in [2.24, 2.45) is 11.8 Å². The monoisotopic (exact) mass is 346 g/mol. The number of benzene rings is 1. The summed E-state index contributed by atoms with van der Waals surface area (Å²) in [6, 6.07) is 10.7. The highest BCUT2D eigenvalue weighted by Crippen LogP contribution is 2.60. The van der Waals surface area contributed by atoms with Gasteiger partial charge in [0, 0.05) is 21.7 Å². The molecule has 1 aromatic carbocycles. The number of Topliss-reactive ketones (excluding diaryl/α,β-unsaturated/α-hetero) is 1. The molecule has 0 amide bonds. The zero-order valence-corrected chi connectivity index (χ0v) is 13.4. The maximum atomic E-state index is 12.6. The van der Waals surface area contributed by atoms with Gasteiger partial charge in [-0.15, -0.1) is 11.3 Å². The summed E-state index contributed by atoms with van der Waals surface area (Å²) in [7, 11) is 0. The first-order chi connectivity index (χ1) is 9.75. The van der Waals surface area contributed by atoms with Gasteiger partial charge in [-0.3, -0.25) is 4.79 Å². The molecule has 3 atom stereocenters. The number of hydrogen-bond donors (Lipinski definition) is 0. The molecule has 0 radical (unpaired) electrons. The van der Waals surface area contributed by atoms with E-state index in [2.05, 4.69) is 40.2 Å². The van der Waals surface area contributed by atoms with Gasteiger partial charge in [0.15, 0.2) is 0 Å². The van der Waals surface area contributed by atoms with Crippen LogP contribution in [0.5, 0.6) is 0 Å². The van der Waals surface area contributed by atoms with Gasteiger partial charge in [-0.1, -0.05) is 24.3 Å². The minimum Gasteiger partial charge on any atom is -0.299 e. The second kappa shape index (κ2) is 4.81. The average Bonchev–Trinajstić information content (AvgIpc) is 3.09. The Kier molecular flexibility index (Phi) is 3.08. The SMILES string of the molecule is O=C(Cc1sccc1Br)C1C2CCc3ccccc3C21. The molecular formula is C17H15BrOS. The van der Waals surface area contributed by atoms with Gasteiger partial charge in [-0.05, 0) is 63.2 Å². The molecule has 1 fully saturated rings. The lowest BCUT2D eigenvalue weighted by molar-refractivity contribution is -0.119. The number of fused-ring (bicyclic) bond motifs is 3. The van der Waals surface area contributed by atoms with Gasteiger partial charge in [0.2, 0.25) is 0 Å². The molecule has 2 aromatic rings. The number of rotatable bonds is 3. The molecular weight excluding hydrogens is 332 g/mol. The van der Waals surface area contributed by atoms with Gasteiger partial charge >= 0.3 is 0 Å². The van der Waals surface area contributed by atoms with Crippen LogP contribution >= 0.6 is 27.3 Å². The van der Waals surface area contributed by atoms with Crippen molar-refractivity contribution in [3.05, 3.63) is 56.2 Å². The van der Waals surface area contributed by atoms with E-state index in [1.165, 1.54) is 22.4 Å². The van der Waals surface area contributed by atoms with E-state index >= 15 is 0 Å².